The zero-order valence-corrected chi connectivity index (χ0v) is 10.1. The van der Waals surface area contributed by atoms with Gasteiger partial charge in [-0.3, -0.25) is 0 Å². The Hall–Kier alpha value is -1.02. The van der Waals surface area contributed by atoms with E-state index in [1.54, 1.807) is 0 Å². The molecule has 0 radical (unpaired) electrons. The van der Waals surface area contributed by atoms with Gasteiger partial charge >= 0.3 is 0 Å². The van der Waals surface area contributed by atoms with Crippen molar-refractivity contribution in [2.24, 2.45) is 0 Å². The summed E-state index contributed by atoms with van der Waals surface area (Å²) in [5.74, 6) is 0.706. The fourth-order valence-corrected chi connectivity index (χ4v) is 2.70. The number of benzene rings is 1. The molecule has 2 aromatic rings. The zero-order valence-electron chi connectivity index (χ0n) is 10.1. The van der Waals surface area contributed by atoms with Crippen LogP contribution in [0.25, 0.3) is 11.0 Å². The summed E-state index contributed by atoms with van der Waals surface area (Å²) < 4.78 is 13.4. The number of aryl methyl sites for hydroxylation is 1. The second kappa shape index (κ2) is 2.99. The van der Waals surface area contributed by atoms with Gasteiger partial charge in [0.05, 0.1) is 9.44 Å². The van der Waals surface area contributed by atoms with Gasteiger partial charge in [-0.05, 0) is 19.0 Å². The molecule has 14 heavy (non-hydrogen) atoms. The predicted octanol–water partition coefficient (Wildman–Crippen LogP) is 3.29. The van der Waals surface area contributed by atoms with Crippen LogP contribution in [0.1, 0.15) is 7.13 Å². The van der Waals surface area contributed by atoms with E-state index in [0.29, 0.717) is 11.8 Å². The average Bonchev–Trinajstić information content (AvgIpc) is 2.41. The first-order chi connectivity index (χ1) is 6.89. The van der Waals surface area contributed by atoms with Crippen molar-refractivity contribution in [1.29, 1.82) is 0 Å². The molecule has 74 valence electrons. The third kappa shape index (κ3) is 1.62. The molecule has 1 aromatic heterocycles. The highest BCUT2D eigenvalue weighted by Gasteiger charge is 2.17. The highest BCUT2D eigenvalue weighted by atomic mass is 28.3. The van der Waals surface area contributed by atoms with Crippen LogP contribution in [0.5, 0.6) is 0 Å². The van der Waals surface area contributed by atoms with Gasteiger partial charge in [0, 0.05) is 5.39 Å². The predicted molar refractivity (Wildman–Crippen MR) is 63.9 cm³/mol. The number of fused-ring (bicyclic) bond motifs is 1. The van der Waals surface area contributed by atoms with Gasteiger partial charge in [-0.15, -0.1) is 0 Å². The second-order valence-corrected chi connectivity index (χ2v) is 9.82. The van der Waals surface area contributed by atoms with E-state index in [-0.39, 0.29) is 0 Å². The molecule has 0 aliphatic carbocycles. The van der Waals surface area contributed by atoms with Crippen LogP contribution in [-0.4, -0.2) is 8.07 Å². The lowest BCUT2D eigenvalue weighted by molar-refractivity contribution is 0.579. The molecule has 2 heteroatoms. The third-order valence-electron chi connectivity index (χ3n) is 2.42. The first-order valence-corrected chi connectivity index (χ1v) is 8.40. The minimum Gasteiger partial charge on any atom is -0.461 e. The molecule has 1 heterocycles. The standard InChI is InChI=1S/C12H16OSi/c1-9-7-10-5-6-11(14(2,3)4)8-12(10)13-9/h5-8H,1-4H3/i7D. The van der Waals surface area contributed by atoms with Crippen molar-refractivity contribution in [2.45, 2.75) is 26.6 Å². The van der Waals surface area contributed by atoms with E-state index < -0.39 is 8.07 Å². The average molecular weight is 205 g/mol. The molecule has 0 aliphatic heterocycles. The lowest BCUT2D eigenvalue weighted by atomic mass is 10.2. The van der Waals surface area contributed by atoms with Gasteiger partial charge in [0.2, 0.25) is 0 Å². The molecule has 0 fully saturated rings. The fraction of sp³-hybridized carbons (Fsp3) is 0.333. The van der Waals surface area contributed by atoms with Crippen molar-refractivity contribution in [1.82, 2.24) is 0 Å². The SMILES string of the molecule is [2H]c1c(C)oc2cc([Si](C)(C)C)ccc12. The summed E-state index contributed by atoms with van der Waals surface area (Å²) >= 11 is 0. The first-order valence-electron chi connectivity index (χ1n) is 5.40. The van der Waals surface area contributed by atoms with Crippen LogP contribution in [0.4, 0.5) is 0 Å². The Kier molecular flexibility index (Phi) is 1.77. The third-order valence-corrected chi connectivity index (χ3v) is 4.46. The van der Waals surface area contributed by atoms with E-state index in [0.717, 1.165) is 11.0 Å². The van der Waals surface area contributed by atoms with Crippen molar-refractivity contribution in [2.75, 3.05) is 0 Å². The van der Waals surface area contributed by atoms with Gasteiger partial charge in [0.25, 0.3) is 0 Å². The highest BCUT2D eigenvalue weighted by molar-refractivity contribution is 6.88. The first kappa shape index (κ1) is 8.30. The second-order valence-electron chi connectivity index (χ2n) is 4.74. The lowest BCUT2D eigenvalue weighted by Crippen LogP contribution is -2.37. The maximum absolute atomic E-state index is 7.81. The molecular formula is C12H16OSi. The van der Waals surface area contributed by atoms with Crippen LogP contribution in [0.15, 0.2) is 28.7 Å². The minimum atomic E-state index is -1.28. The Morgan fingerprint density at radius 1 is 1.29 bits per heavy atom. The summed E-state index contributed by atoms with van der Waals surface area (Å²) in [6, 6.07) is 6.78. The maximum atomic E-state index is 7.81. The van der Waals surface area contributed by atoms with E-state index in [2.05, 4.69) is 31.8 Å². The molecule has 0 spiro atoms. The molecule has 2 rings (SSSR count). The van der Waals surface area contributed by atoms with Gasteiger partial charge in [0.1, 0.15) is 11.3 Å². The van der Waals surface area contributed by atoms with Crippen molar-refractivity contribution in [3.8, 4) is 0 Å². The molecule has 0 aliphatic rings. The molecular weight excluding hydrogens is 188 g/mol. The number of hydrogen-bond donors (Lipinski definition) is 0. The monoisotopic (exact) mass is 205 g/mol. The lowest BCUT2D eigenvalue weighted by Gasteiger charge is -2.15. The van der Waals surface area contributed by atoms with E-state index in [1.807, 2.05) is 13.0 Å². The number of rotatable bonds is 1. The molecule has 0 bridgehead atoms. The number of hydrogen-bond acceptors (Lipinski definition) is 1. The molecule has 0 amide bonds. The number of furan rings is 1. The quantitative estimate of drug-likeness (QED) is 0.651. The Morgan fingerprint density at radius 2 is 2.00 bits per heavy atom. The van der Waals surface area contributed by atoms with Crippen LogP contribution in [0, 0.1) is 6.92 Å². The zero-order chi connectivity index (χ0) is 11.2. The van der Waals surface area contributed by atoms with Crippen LogP contribution >= 0.6 is 0 Å². The molecule has 0 N–H and O–H groups in total. The van der Waals surface area contributed by atoms with E-state index in [1.165, 1.54) is 5.19 Å². The van der Waals surface area contributed by atoms with Gasteiger partial charge in [-0.2, -0.15) is 0 Å². The van der Waals surface area contributed by atoms with Crippen LogP contribution in [-0.2, 0) is 0 Å². The molecule has 0 saturated carbocycles. The van der Waals surface area contributed by atoms with Gasteiger partial charge in [0.15, 0.2) is 0 Å². The van der Waals surface area contributed by atoms with E-state index in [4.69, 9.17) is 5.79 Å². The molecule has 1 aromatic carbocycles. The van der Waals surface area contributed by atoms with Crippen molar-refractivity contribution in [3.63, 3.8) is 0 Å². The van der Waals surface area contributed by atoms with Gasteiger partial charge < -0.3 is 4.42 Å². The molecule has 0 unspecified atom stereocenters. The highest BCUT2D eigenvalue weighted by Crippen LogP contribution is 2.18. The largest absolute Gasteiger partial charge is 0.461 e. The van der Waals surface area contributed by atoms with Crippen molar-refractivity contribution >= 4 is 24.2 Å². The normalized spacial score (nSPS) is 13.3. The Balaban J connectivity index is 2.67. The van der Waals surface area contributed by atoms with Gasteiger partial charge in [-0.25, -0.2) is 0 Å². The Labute approximate surface area is 87.2 Å². The summed E-state index contributed by atoms with van der Waals surface area (Å²) in [6.07, 6.45) is 0. The summed E-state index contributed by atoms with van der Waals surface area (Å²) in [6.45, 7) is 8.78. The van der Waals surface area contributed by atoms with Gasteiger partial charge in [-0.1, -0.05) is 37.0 Å². The Bertz CT molecular complexity index is 508. The summed E-state index contributed by atoms with van der Waals surface area (Å²) in [5, 5.41) is 2.30. The van der Waals surface area contributed by atoms with Crippen molar-refractivity contribution < 1.29 is 5.79 Å². The van der Waals surface area contributed by atoms with Crippen LogP contribution in [0.3, 0.4) is 0 Å². The Morgan fingerprint density at radius 3 is 2.64 bits per heavy atom. The summed E-state index contributed by atoms with van der Waals surface area (Å²) in [4.78, 5) is 0. The smallest absolute Gasteiger partial charge is 0.134 e. The van der Waals surface area contributed by atoms with E-state index in [9.17, 15) is 0 Å². The van der Waals surface area contributed by atoms with E-state index >= 15 is 0 Å². The minimum absolute atomic E-state index is 0.520. The topological polar surface area (TPSA) is 13.1 Å². The fourth-order valence-electron chi connectivity index (χ4n) is 1.56. The summed E-state index contributed by atoms with van der Waals surface area (Å²) in [5.41, 5.74) is 0.859. The molecule has 1 nitrogen and oxygen atoms in total. The molecule has 0 atom stereocenters. The van der Waals surface area contributed by atoms with Crippen LogP contribution < -0.4 is 5.19 Å². The van der Waals surface area contributed by atoms with Crippen LogP contribution in [0.2, 0.25) is 19.6 Å². The molecule has 0 saturated heterocycles. The maximum Gasteiger partial charge on any atom is 0.134 e. The summed E-state index contributed by atoms with van der Waals surface area (Å²) in [7, 11) is -1.28. The van der Waals surface area contributed by atoms with Crippen molar-refractivity contribution in [3.05, 3.63) is 30.0 Å².